The molecule has 1 N–H and O–H groups in total. The molecule has 0 aromatic heterocycles. The number of amides is 1. The second kappa shape index (κ2) is 2.97. The van der Waals surface area contributed by atoms with Gasteiger partial charge in [-0.1, -0.05) is 0 Å². The Kier molecular flexibility index (Phi) is 2.34. The highest BCUT2D eigenvalue weighted by atomic mass is 16.4. The predicted octanol–water partition coefficient (Wildman–Crippen LogP) is 1.11. The molecule has 1 aliphatic rings. The third-order valence-electron chi connectivity index (χ3n) is 2.96. The summed E-state index contributed by atoms with van der Waals surface area (Å²) in [6, 6.07) is 0. The van der Waals surface area contributed by atoms with Gasteiger partial charge in [0.25, 0.3) is 0 Å². The van der Waals surface area contributed by atoms with Gasteiger partial charge in [-0.2, -0.15) is 0 Å². The Morgan fingerprint density at radius 1 is 1.29 bits per heavy atom. The minimum atomic E-state index is -0.825. The van der Waals surface area contributed by atoms with Gasteiger partial charge in [0.2, 0.25) is 5.91 Å². The summed E-state index contributed by atoms with van der Waals surface area (Å²) in [7, 11) is 0. The van der Waals surface area contributed by atoms with E-state index in [2.05, 4.69) is 0 Å². The average Bonchev–Trinajstić information content (AvgIpc) is 2.22. The van der Waals surface area contributed by atoms with Gasteiger partial charge in [0.05, 0.1) is 5.41 Å². The van der Waals surface area contributed by atoms with Crippen LogP contribution in [0.3, 0.4) is 0 Å². The van der Waals surface area contributed by atoms with Crippen molar-refractivity contribution in [3.8, 4) is 0 Å². The molecule has 4 heteroatoms. The van der Waals surface area contributed by atoms with Gasteiger partial charge in [0.15, 0.2) is 0 Å². The zero-order chi connectivity index (χ0) is 11.1. The zero-order valence-electron chi connectivity index (χ0n) is 9.13. The van der Waals surface area contributed by atoms with Crippen molar-refractivity contribution in [2.75, 3.05) is 6.54 Å². The number of hydrogen-bond donors (Lipinski definition) is 1. The Morgan fingerprint density at radius 2 is 1.79 bits per heavy atom. The van der Waals surface area contributed by atoms with Crippen LogP contribution < -0.4 is 0 Å². The maximum atomic E-state index is 11.3. The largest absolute Gasteiger partial charge is 0.481 e. The fourth-order valence-electron chi connectivity index (χ4n) is 2.35. The Hall–Kier alpha value is -1.06. The summed E-state index contributed by atoms with van der Waals surface area (Å²) in [6.07, 6.45) is 0.509. The Balaban J connectivity index is 2.97. The van der Waals surface area contributed by atoms with Crippen molar-refractivity contribution >= 4 is 11.9 Å². The molecule has 1 aliphatic heterocycles. The molecule has 14 heavy (non-hydrogen) atoms. The smallest absolute Gasteiger partial charge is 0.311 e. The number of carbonyl (C=O) groups is 2. The standard InChI is InChI=1S/C10H17NO3/c1-7(12)11-6-10(4,8(13)14)5-9(11,2)3/h5-6H2,1-4H3,(H,13,14). The minimum Gasteiger partial charge on any atom is -0.481 e. The molecule has 1 rings (SSSR count). The Morgan fingerprint density at radius 3 is 2.00 bits per heavy atom. The molecule has 1 fully saturated rings. The fraction of sp³-hybridized carbons (Fsp3) is 0.800. The molecule has 0 aromatic carbocycles. The van der Waals surface area contributed by atoms with Crippen molar-refractivity contribution in [1.29, 1.82) is 0 Å². The first-order valence-electron chi connectivity index (χ1n) is 4.71. The number of nitrogens with zero attached hydrogens (tertiary/aromatic N) is 1. The third kappa shape index (κ3) is 1.61. The van der Waals surface area contributed by atoms with Crippen molar-refractivity contribution in [3.63, 3.8) is 0 Å². The van der Waals surface area contributed by atoms with Crippen LogP contribution in [0.4, 0.5) is 0 Å². The molecule has 0 radical (unpaired) electrons. The first kappa shape index (κ1) is 11.0. The summed E-state index contributed by atoms with van der Waals surface area (Å²) in [6.45, 7) is 7.30. The van der Waals surface area contributed by atoms with Gasteiger partial charge in [0.1, 0.15) is 0 Å². The first-order valence-corrected chi connectivity index (χ1v) is 4.71. The van der Waals surface area contributed by atoms with E-state index in [4.69, 9.17) is 5.11 Å². The summed E-state index contributed by atoms with van der Waals surface area (Å²) in [5.41, 5.74) is -1.14. The van der Waals surface area contributed by atoms with Gasteiger partial charge in [-0.25, -0.2) is 0 Å². The van der Waals surface area contributed by atoms with Gasteiger partial charge < -0.3 is 10.0 Å². The van der Waals surface area contributed by atoms with Gasteiger partial charge in [-0.15, -0.1) is 0 Å². The lowest BCUT2D eigenvalue weighted by atomic mass is 9.84. The predicted molar refractivity (Wildman–Crippen MR) is 51.8 cm³/mol. The first-order chi connectivity index (χ1) is 6.19. The molecule has 80 valence electrons. The maximum Gasteiger partial charge on any atom is 0.311 e. The molecular formula is C10H17NO3. The van der Waals surface area contributed by atoms with Crippen LogP contribution in [-0.2, 0) is 9.59 Å². The Labute approximate surface area is 83.9 Å². The van der Waals surface area contributed by atoms with Crippen molar-refractivity contribution in [1.82, 2.24) is 4.90 Å². The lowest BCUT2D eigenvalue weighted by molar-refractivity contribution is -0.147. The molecule has 4 nitrogen and oxygen atoms in total. The van der Waals surface area contributed by atoms with E-state index in [1.54, 1.807) is 11.8 Å². The third-order valence-corrected chi connectivity index (χ3v) is 2.96. The van der Waals surface area contributed by atoms with Crippen LogP contribution in [0.25, 0.3) is 0 Å². The number of carbonyl (C=O) groups excluding carboxylic acids is 1. The molecule has 0 aromatic rings. The van der Waals surface area contributed by atoms with E-state index in [1.807, 2.05) is 13.8 Å². The molecular weight excluding hydrogens is 182 g/mol. The molecule has 1 unspecified atom stereocenters. The second-order valence-corrected chi connectivity index (χ2v) is 4.96. The van der Waals surface area contributed by atoms with Crippen LogP contribution in [0.2, 0.25) is 0 Å². The van der Waals surface area contributed by atoms with Crippen molar-refractivity contribution < 1.29 is 14.7 Å². The topological polar surface area (TPSA) is 57.6 Å². The van der Waals surface area contributed by atoms with E-state index in [-0.39, 0.29) is 11.4 Å². The van der Waals surface area contributed by atoms with Crippen molar-refractivity contribution in [2.45, 2.75) is 39.7 Å². The SMILES string of the molecule is CC(=O)N1CC(C)(C(=O)O)CC1(C)C. The minimum absolute atomic E-state index is 0.0556. The monoisotopic (exact) mass is 199 g/mol. The van der Waals surface area contributed by atoms with E-state index in [1.165, 1.54) is 6.92 Å². The Bertz CT molecular complexity index is 285. The summed E-state index contributed by atoms with van der Waals surface area (Å²) >= 11 is 0. The number of rotatable bonds is 1. The van der Waals surface area contributed by atoms with Crippen LogP contribution in [0.5, 0.6) is 0 Å². The molecule has 0 saturated carbocycles. The second-order valence-electron chi connectivity index (χ2n) is 4.96. The highest BCUT2D eigenvalue weighted by Crippen LogP contribution is 2.41. The fourth-order valence-corrected chi connectivity index (χ4v) is 2.35. The van der Waals surface area contributed by atoms with E-state index < -0.39 is 11.4 Å². The molecule has 0 bridgehead atoms. The normalized spacial score (nSPS) is 30.4. The quantitative estimate of drug-likeness (QED) is 0.688. The highest BCUT2D eigenvalue weighted by Gasteiger charge is 2.50. The molecule has 1 atom stereocenters. The van der Waals surface area contributed by atoms with Crippen LogP contribution >= 0.6 is 0 Å². The van der Waals surface area contributed by atoms with Crippen molar-refractivity contribution in [2.24, 2.45) is 5.41 Å². The van der Waals surface area contributed by atoms with Gasteiger partial charge in [-0.3, -0.25) is 9.59 Å². The number of hydrogen-bond acceptors (Lipinski definition) is 2. The van der Waals surface area contributed by atoms with Crippen LogP contribution in [-0.4, -0.2) is 34.0 Å². The lowest BCUT2D eigenvalue weighted by Crippen LogP contribution is -2.41. The summed E-state index contributed by atoms with van der Waals surface area (Å²) in [4.78, 5) is 24.0. The van der Waals surface area contributed by atoms with Crippen molar-refractivity contribution in [3.05, 3.63) is 0 Å². The van der Waals surface area contributed by atoms with E-state index >= 15 is 0 Å². The highest BCUT2D eigenvalue weighted by molar-refractivity contribution is 5.80. The summed E-state index contributed by atoms with van der Waals surface area (Å²) < 4.78 is 0. The molecule has 1 amide bonds. The van der Waals surface area contributed by atoms with E-state index in [0.29, 0.717) is 13.0 Å². The van der Waals surface area contributed by atoms with E-state index in [0.717, 1.165) is 0 Å². The van der Waals surface area contributed by atoms with Crippen LogP contribution in [0.1, 0.15) is 34.1 Å². The molecule has 1 heterocycles. The molecule has 1 saturated heterocycles. The number of likely N-dealkylation sites (tertiary alicyclic amines) is 1. The molecule has 0 spiro atoms. The lowest BCUT2D eigenvalue weighted by Gasteiger charge is -2.30. The zero-order valence-corrected chi connectivity index (χ0v) is 9.13. The number of aliphatic carboxylic acids is 1. The van der Waals surface area contributed by atoms with Gasteiger partial charge >= 0.3 is 5.97 Å². The maximum absolute atomic E-state index is 11.3. The van der Waals surface area contributed by atoms with E-state index in [9.17, 15) is 9.59 Å². The summed E-state index contributed by atoms with van der Waals surface area (Å²) in [5, 5.41) is 9.07. The summed E-state index contributed by atoms with van der Waals surface area (Å²) in [5.74, 6) is -0.880. The average molecular weight is 199 g/mol. The van der Waals surface area contributed by atoms with Gasteiger partial charge in [0, 0.05) is 19.0 Å². The van der Waals surface area contributed by atoms with Gasteiger partial charge in [-0.05, 0) is 27.2 Å². The van der Waals surface area contributed by atoms with Crippen LogP contribution in [0.15, 0.2) is 0 Å². The van der Waals surface area contributed by atoms with Crippen LogP contribution in [0, 0.1) is 5.41 Å². The molecule has 0 aliphatic carbocycles. The number of carboxylic acid groups (broad SMARTS) is 1. The number of carboxylic acids is 1.